The Morgan fingerprint density at radius 3 is 2.24 bits per heavy atom. The van der Waals surface area contributed by atoms with Gasteiger partial charge in [-0.25, -0.2) is 0 Å². The van der Waals surface area contributed by atoms with Crippen LogP contribution in [0.4, 0.5) is 0 Å². The standard InChI is InChI=1S/C18H28INO5/c1-17(2,3)24-14-8-7-11(9-12(14)19)10-13(15(21)22)20-16(23)25-18(4,5)6/h7-9,13,16,20,23H,10H2,1-6H3,(H,21,22)/t13-,16?/m1/s1. The molecule has 0 bridgehead atoms. The fraction of sp³-hybridized carbons (Fsp3) is 0.611. The molecule has 1 rings (SSSR count). The first kappa shape index (κ1) is 22.1. The maximum absolute atomic E-state index is 11.5. The molecule has 0 aliphatic rings. The van der Waals surface area contributed by atoms with Crippen LogP contribution in [0, 0.1) is 3.57 Å². The molecule has 0 aromatic heterocycles. The second-order valence-corrected chi connectivity index (χ2v) is 8.99. The predicted octanol–water partition coefficient (Wildman–Crippen LogP) is 3.14. The highest BCUT2D eigenvalue weighted by Crippen LogP contribution is 2.26. The number of carboxylic acid groups (broad SMARTS) is 1. The number of hydrogen-bond donors (Lipinski definition) is 3. The molecule has 0 heterocycles. The van der Waals surface area contributed by atoms with Crippen molar-refractivity contribution >= 4 is 28.6 Å². The van der Waals surface area contributed by atoms with Crippen molar-refractivity contribution in [1.82, 2.24) is 5.32 Å². The van der Waals surface area contributed by atoms with Gasteiger partial charge >= 0.3 is 5.97 Å². The second kappa shape index (κ2) is 8.66. The molecule has 1 aromatic carbocycles. The van der Waals surface area contributed by atoms with Crippen molar-refractivity contribution in [2.75, 3.05) is 0 Å². The van der Waals surface area contributed by atoms with Crippen LogP contribution in [0.3, 0.4) is 0 Å². The first-order chi connectivity index (χ1) is 11.3. The number of halogens is 1. The Kier molecular flexibility index (Phi) is 7.67. The minimum atomic E-state index is -1.36. The Morgan fingerprint density at radius 1 is 1.20 bits per heavy atom. The first-order valence-corrected chi connectivity index (χ1v) is 9.17. The summed E-state index contributed by atoms with van der Waals surface area (Å²) < 4.78 is 12.1. The summed E-state index contributed by atoms with van der Waals surface area (Å²) in [6.45, 7) is 11.3. The van der Waals surface area contributed by atoms with Crippen molar-refractivity contribution in [2.24, 2.45) is 0 Å². The van der Waals surface area contributed by atoms with Crippen molar-refractivity contribution in [3.8, 4) is 5.75 Å². The van der Waals surface area contributed by atoms with E-state index in [0.717, 1.165) is 14.9 Å². The lowest BCUT2D eigenvalue weighted by Crippen LogP contribution is -2.48. The number of ether oxygens (including phenoxy) is 2. The van der Waals surface area contributed by atoms with Gasteiger partial charge in [0, 0.05) is 0 Å². The molecule has 0 fully saturated rings. The Labute approximate surface area is 163 Å². The Hall–Kier alpha value is -0.900. The lowest BCUT2D eigenvalue weighted by Gasteiger charge is -2.27. The maximum atomic E-state index is 11.5. The molecular formula is C18H28INO5. The third kappa shape index (κ3) is 8.84. The van der Waals surface area contributed by atoms with E-state index in [1.54, 1.807) is 20.8 Å². The monoisotopic (exact) mass is 465 g/mol. The van der Waals surface area contributed by atoms with Crippen LogP contribution in [0.2, 0.25) is 0 Å². The van der Waals surface area contributed by atoms with E-state index in [0.29, 0.717) is 0 Å². The van der Waals surface area contributed by atoms with E-state index in [2.05, 4.69) is 27.9 Å². The summed E-state index contributed by atoms with van der Waals surface area (Å²) in [6.07, 6.45) is -1.14. The number of aliphatic carboxylic acids is 1. The van der Waals surface area contributed by atoms with Gasteiger partial charge < -0.3 is 19.7 Å². The number of nitrogens with one attached hydrogen (secondary N) is 1. The summed E-state index contributed by atoms with van der Waals surface area (Å²) in [6, 6.07) is 4.58. The largest absolute Gasteiger partial charge is 0.487 e. The number of carboxylic acids is 1. The topological polar surface area (TPSA) is 88.0 Å². The van der Waals surface area contributed by atoms with Crippen molar-refractivity contribution in [3.63, 3.8) is 0 Å². The molecule has 7 heteroatoms. The van der Waals surface area contributed by atoms with Gasteiger partial charge in [0.05, 0.1) is 9.17 Å². The zero-order chi connectivity index (χ0) is 19.4. The van der Waals surface area contributed by atoms with Gasteiger partial charge in [0.1, 0.15) is 17.4 Å². The smallest absolute Gasteiger partial charge is 0.321 e. The van der Waals surface area contributed by atoms with Crippen LogP contribution in [0.1, 0.15) is 47.1 Å². The molecule has 0 radical (unpaired) electrons. The van der Waals surface area contributed by atoms with Gasteiger partial charge in [0.2, 0.25) is 6.41 Å². The van der Waals surface area contributed by atoms with Gasteiger partial charge in [-0.05, 0) is 88.3 Å². The van der Waals surface area contributed by atoms with E-state index in [-0.39, 0.29) is 12.0 Å². The van der Waals surface area contributed by atoms with E-state index in [9.17, 15) is 15.0 Å². The predicted molar refractivity (Wildman–Crippen MR) is 105 cm³/mol. The number of aliphatic hydroxyl groups is 1. The highest BCUT2D eigenvalue weighted by Gasteiger charge is 2.24. The van der Waals surface area contributed by atoms with Gasteiger partial charge in [0.15, 0.2) is 0 Å². The van der Waals surface area contributed by atoms with E-state index in [4.69, 9.17) is 9.47 Å². The Bertz CT molecular complexity index is 592. The quantitative estimate of drug-likeness (QED) is 0.424. The molecular weight excluding hydrogens is 437 g/mol. The molecule has 1 unspecified atom stereocenters. The lowest BCUT2D eigenvalue weighted by molar-refractivity contribution is -0.189. The molecule has 6 nitrogen and oxygen atoms in total. The van der Waals surface area contributed by atoms with Crippen LogP contribution < -0.4 is 10.1 Å². The third-order valence-corrected chi connectivity index (χ3v) is 3.80. The minimum Gasteiger partial charge on any atom is -0.487 e. The molecule has 2 atom stereocenters. The van der Waals surface area contributed by atoms with Crippen LogP contribution in [-0.4, -0.2) is 39.8 Å². The average molecular weight is 465 g/mol. The van der Waals surface area contributed by atoms with Crippen LogP contribution in [0.5, 0.6) is 5.75 Å². The van der Waals surface area contributed by atoms with Gasteiger partial charge in [-0.15, -0.1) is 0 Å². The SMILES string of the molecule is CC(C)(C)Oc1ccc(C[C@@H](NC(O)OC(C)(C)C)C(=O)O)cc1I. The number of hydrogen-bond acceptors (Lipinski definition) is 5. The number of rotatable bonds is 7. The fourth-order valence-corrected chi connectivity index (χ4v) is 2.77. The van der Waals surface area contributed by atoms with E-state index in [1.807, 2.05) is 39.0 Å². The summed E-state index contributed by atoms with van der Waals surface area (Å²) >= 11 is 2.17. The molecule has 25 heavy (non-hydrogen) atoms. The molecule has 0 saturated heterocycles. The van der Waals surface area contributed by atoms with Gasteiger partial charge in [-0.3, -0.25) is 10.1 Å². The van der Waals surface area contributed by atoms with Gasteiger partial charge in [0.25, 0.3) is 0 Å². The van der Waals surface area contributed by atoms with E-state index in [1.165, 1.54) is 0 Å². The average Bonchev–Trinajstić information content (AvgIpc) is 2.37. The van der Waals surface area contributed by atoms with Crippen molar-refractivity contribution < 1.29 is 24.5 Å². The molecule has 3 N–H and O–H groups in total. The summed E-state index contributed by atoms with van der Waals surface area (Å²) in [5.41, 5.74) is -0.0638. The summed E-state index contributed by atoms with van der Waals surface area (Å²) in [7, 11) is 0. The Balaban J connectivity index is 2.82. The molecule has 142 valence electrons. The lowest BCUT2D eigenvalue weighted by atomic mass is 10.1. The normalized spacial score (nSPS) is 14.9. The summed E-state index contributed by atoms with van der Waals surface area (Å²) in [4.78, 5) is 11.5. The molecule has 1 aromatic rings. The summed E-state index contributed by atoms with van der Waals surface area (Å²) in [5, 5.41) is 21.9. The molecule has 0 saturated carbocycles. The zero-order valence-electron chi connectivity index (χ0n) is 15.6. The highest BCUT2D eigenvalue weighted by molar-refractivity contribution is 14.1. The van der Waals surface area contributed by atoms with Gasteiger partial charge in [-0.1, -0.05) is 6.07 Å². The van der Waals surface area contributed by atoms with Crippen molar-refractivity contribution in [1.29, 1.82) is 0 Å². The van der Waals surface area contributed by atoms with Crippen LogP contribution in [0.25, 0.3) is 0 Å². The van der Waals surface area contributed by atoms with Crippen LogP contribution >= 0.6 is 22.6 Å². The molecule has 0 amide bonds. The fourth-order valence-electron chi connectivity index (χ4n) is 2.08. The number of aliphatic hydroxyl groups excluding tert-OH is 1. The minimum absolute atomic E-state index is 0.214. The van der Waals surface area contributed by atoms with Crippen molar-refractivity contribution in [3.05, 3.63) is 27.3 Å². The number of carbonyl (C=O) groups is 1. The van der Waals surface area contributed by atoms with Crippen LogP contribution in [0.15, 0.2) is 18.2 Å². The molecule has 0 aliphatic heterocycles. The third-order valence-electron chi connectivity index (χ3n) is 2.96. The van der Waals surface area contributed by atoms with E-state index < -0.39 is 24.0 Å². The Morgan fingerprint density at radius 2 is 1.80 bits per heavy atom. The second-order valence-electron chi connectivity index (χ2n) is 7.82. The first-order valence-electron chi connectivity index (χ1n) is 8.09. The van der Waals surface area contributed by atoms with Gasteiger partial charge in [-0.2, -0.15) is 0 Å². The zero-order valence-corrected chi connectivity index (χ0v) is 17.7. The van der Waals surface area contributed by atoms with Crippen LogP contribution in [-0.2, 0) is 16.0 Å². The highest BCUT2D eigenvalue weighted by atomic mass is 127. The maximum Gasteiger partial charge on any atom is 0.321 e. The summed E-state index contributed by atoms with van der Waals surface area (Å²) in [5.74, 6) is -0.297. The van der Waals surface area contributed by atoms with Crippen molar-refractivity contribution in [2.45, 2.75) is 71.6 Å². The number of benzene rings is 1. The molecule has 0 spiro atoms. The van der Waals surface area contributed by atoms with E-state index >= 15 is 0 Å². The molecule has 0 aliphatic carbocycles.